The quantitative estimate of drug-likeness (QED) is 0.419. The lowest BCUT2D eigenvalue weighted by Gasteiger charge is -2.36. The topological polar surface area (TPSA) is 116 Å². The highest BCUT2D eigenvalue weighted by atomic mass is 16.6. The van der Waals surface area contributed by atoms with Crippen molar-refractivity contribution in [3.8, 4) is 0 Å². The van der Waals surface area contributed by atoms with Gasteiger partial charge in [-0.15, -0.1) is 0 Å². The van der Waals surface area contributed by atoms with Crippen LogP contribution in [0.1, 0.15) is 17.5 Å². The third-order valence-corrected chi connectivity index (χ3v) is 7.03. The van der Waals surface area contributed by atoms with Crippen LogP contribution < -0.4 is 10.2 Å². The molecule has 176 valence electrons. The Morgan fingerprint density at radius 2 is 1.68 bits per heavy atom. The first-order valence-electron chi connectivity index (χ1n) is 11.3. The van der Waals surface area contributed by atoms with E-state index in [0.29, 0.717) is 45.4 Å². The number of hydrogen-bond acceptors (Lipinski definition) is 6. The lowest BCUT2D eigenvalue weighted by Crippen LogP contribution is -2.53. The van der Waals surface area contributed by atoms with Crippen LogP contribution in [-0.2, 0) is 22.4 Å². The molecule has 34 heavy (non-hydrogen) atoms. The summed E-state index contributed by atoms with van der Waals surface area (Å²) in [6.45, 7) is 1.73. The molecule has 2 aromatic carbocycles. The molecule has 2 fully saturated rings. The predicted octanol–water partition coefficient (Wildman–Crippen LogP) is 1.72. The molecule has 1 N–H and O–H groups in total. The van der Waals surface area contributed by atoms with Gasteiger partial charge in [-0.05, 0) is 36.1 Å². The van der Waals surface area contributed by atoms with Crippen molar-refractivity contribution in [2.45, 2.75) is 24.8 Å². The average molecular weight is 463 g/mol. The van der Waals surface area contributed by atoms with Gasteiger partial charge in [-0.3, -0.25) is 24.6 Å². The highest BCUT2D eigenvalue weighted by molar-refractivity contribution is 6.09. The van der Waals surface area contributed by atoms with E-state index in [4.69, 9.17) is 0 Å². The number of fused-ring (bicyclic) bond motifs is 1. The number of nitro groups is 1. The van der Waals surface area contributed by atoms with Crippen molar-refractivity contribution in [1.82, 2.24) is 15.1 Å². The minimum Gasteiger partial charge on any atom is -0.368 e. The summed E-state index contributed by atoms with van der Waals surface area (Å²) in [6, 6.07) is 13.7. The van der Waals surface area contributed by atoms with E-state index >= 15 is 0 Å². The monoisotopic (exact) mass is 463 g/mol. The second-order valence-electron chi connectivity index (χ2n) is 8.99. The first-order valence-corrected chi connectivity index (χ1v) is 11.3. The van der Waals surface area contributed by atoms with Gasteiger partial charge in [-0.25, -0.2) is 4.79 Å². The number of amides is 4. The number of rotatable bonds is 4. The minimum absolute atomic E-state index is 0.0327. The average Bonchev–Trinajstić information content (AvgIpc) is 3.07. The summed E-state index contributed by atoms with van der Waals surface area (Å²) in [5.41, 5.74) is 2.16. The summed E-state index contributed by atoms with van der Waals surface area (Å²) >= 11 is 0. The van der Waals surface area contributed by atoms with E-state index in [9.17, 15) is 24.5 Å². The van der Waals surface area contributed by atoms with Crippen LogP contribution in [0.2, 0.25) is 0 Å². The van der Waals surface area contributed by atoms with Gasteiger partial charge in [-0.1, -0.05) is 24.3 Å². The van der Waals surface area contributed by atoms with Gasteiger partial charge in [0.2, 0.25) is 5.91 Å². The molecule has 3 aliphatic rings. The summed E-state index contributed by atoms with van der Waals surface area (Å²) in [5, 5.41) is 13.7. The fourth-order valence-corrected chi connectivity index (χ4v) is 5.08. The Morgan fingerprint density at radius 3 is 2.35 bits per heavy atom. The number of nitrogens with zero attached hydrogens (tertiary/aromatic N) is 4. The van der Waals surface area contributed by atoms with Crippen molar-refractivity contribution in [2.24, 2.45) is 0 Å². The normalized spacial score (nSPS) is 22.1. The number of urea groups is 1. The third kappa shape index (κ3) is 3.85. The first kappa shape index (κ1) is 21.9. The Morgan fingerprint density at radius 1 is 1.00 bits per heavy atom. The van der Waals surface area contributed by atoms with E-state index in [1.807, 2.05) is 24.3 Å². The number of imide groups is 1. The van der Waals surface area contributed by atoms with Gasteiger partial charge in [0.05, 0.1) is 4.92 Å². The summed E-state index contributed by atoms with van der Waals surface area (Å²) in [5.74, 6) is -0.593. The number of nitro benzene ring substituents is 1. The number of carbonyl (C=O) groups is 3. The number of anilines is 1. The van der Waals surface area contributed by atoms with Crippen molar-refractivity contribution in [3.05, 3.63) is 69.8 Å². The second-order valence-corrected chi connectivity index (χ2v) is 8.99. The van der Waals surface area contributed by atoms with Crippen LogP contribution in [0.5, 0.6) is 0 Å². The van der Waals surface area contributed by atoms with E-state index in [0.717, 1.165) is 16.2 Å². The maximum absolute atomic E-state index is 13.2. The molecule has 2 saturated heterocycles. The van der Waals surface area contributed by atoms with Crippen molar-refractivity contribution >= 4 is 29.2 Å². The lowest BCUT2D eigenvalue weighted by atomic mass is 9.78. The van der Waals surface area contributed by atoms with Crippen molar-refractivity contribution in [3.63, 3.8) is 0 Å². The molecule has 2 aliphatic heterocycles. The first-order chi connectivity index (χ1) is 16.4. The van der Waals surface area contributed by atoms with E-state index < -0.39 is 16.5 Å². The van der Waals surface area contributed by atoms with E-state index in [1.165, 1.54) is 17.7 Å². The Hall–Kier alpha value is -3.95. The molecule has 0 saturated carbocycles. The van der Waals surface area contributed by atoms with Crippen LogP contribution in [-0.4, -0.2) is 70.8 Å². The molecular formula is C24H25N5O5. The zero-order valence-electron chi connectivity index (χ0n) is 18.6. The number of piperazine rings is 1. The Kier molecular flexibility index (Phi) is 5.43. The molecule has 4 amide bonds. The Balaban J connectivity index is 1.19. The molecule has 10 heteroatoms. The van der Waals surface area contributed by atoms with Crippen molar-refractivity contribution in [1.29, 1.82) is 0 Å². The fraction of sp³-hybridized carbons (Fsp3) is 0.375. The zero-order chi connectivity index (χ0) is 23.9. The number of hydrogen-bond donors (Lipinski definition) is 1. The standard InChI is InChI=1S/C24H25N5O5/c30-21(27-13-11-26(12-14-27)19-5-7-20(8-6-19)29(33)34)16-28-22(31)24(25-23(28)32)10-9-17-3-1-2-4-18(17)15-24/h1-8H,9-16H2,(H,25,32). The molecular weight excluding hydrogens is 438 g/mol. The van der Waals surface area contributed by atoms with E-state index in [-0.39, 0.29) is 24.0 Å². The molecule has 1 unspecified atom stereocenters. The lowest BCUT2D eigenvalue weighted by molar-refractivity contribution is -0.384. The summed E-state index contributed by atoms with van der Waals surface area (Å²) in [7, 11) is 0. The molecule has 1 spiro atoms. The van der Waals surface area contributed by atoms with Crippen molar-refractivity contribution in [2.75, 3.05) is 37.6 Å². The maximum atomic E-state index is 13.2. The second kappa shape index (κ2) is 8.44. The molecule has 2 aromatic rings. The highest BCUT2D eigenvalue weighted by Crippen LogP contribution is 2.33. The molecule has 0 bridgehead atoms. The minimum atomic E-state index is -0.972. The molecule has 10 nitrogen and oxygen atoms in total. The molecule has 2 heterocycles. The molecule has 1 aliphatic carbocycles. The number of benzene rings is 2. The van der Waals surface area contributed by atoms with Crippen LogP contribution >= 0.6 is 0 Å². The molecule has 0 aromatic heterocycles. The van der Waals surface area contributed by atoms with Crippen LogP contribution in [0.15, 0.2) is 48.5 Å². The van der Waals surface area contributed by atoms with E-state index in [1.54, 1.807) is 17.0 Å². The van der Waals surface area contributed by atoms with Crippen molar-refractivity contribution < 1.29 is 19.3 Å². The van der Waals surface area contributed by atoms with Gasteiger partial charge in [-0.2, -0.15) is 0 Å². The third-order valence-electron chi connectivity index (χ3n) is 7.03. The number of aryl methyl sites for hydroxylation is 1. The van der Waals surface area contributed by atoms with Gasteiger partial charge in [0.15, 0.2) is 0 Å². The van der Waals surface area contributed by atoms with Crippen LogP contribution in [0.3, 0.4) is 0 Å². The van der Waals surface area contributed by atoms with Gasteiger partial charge in [0, 0.05) is 50.4 Å². The largest absolute Gasteiger partial charge is 0.368 e. The number of carbonyl (C=O) groups excluding carboxylic acids is 3. The van der Waals surface area contributed by atoms with Crippen LogP contribution in [0.25, 0.3) is 0 Å². The Bertz CT molecular complexity index is 1160. The number of nitrogens with one attached hydrogen (secondary N) is 1. The summed E-state index contributed by atoms with van der Waals surface area (Å²) in [4.78, 5) is 54.0. The molecule has 1 atom stereocenters. The molecule has 5 rings (SSSR count). The maximum Gasteiger partial charge on any atom is 0.325 e. The van der Waals surface area contributed by atoms with Crippen LogP contribution in [0, 0.1) is 10.1 Å². The molecule has 0 radical (unpaired) electrons. The fourth-order valence-electron chi connectivity index (χ4n) is 5.08. The van der Waals surface area contributed by atoms with Gasteiger partial charge in [0.1, 0.15) is 12.1 Å². The predicted molar refractivity (Wildman–Crippen MR) is 123 cm³/mol. The summed E-state index contributed by atoms with van der Waals surface area (Å²) < 4.78 is 0. The zero-order valence-corrected chi connectivity index (χ0v) is 18.6. The van der Waals surface area contributed by atoms with Gasteiger partial charge in [0.25, 0.3) is 11.6 Å². The van der Waals surface area contributed by atoms with Gasteiger partial charge >= 0.3 is 6.03 Å². The number of non-ortho nitro benzene ring substituents is 1. The van der Waals surface area contributed by atoms with Crippen LogP contribution in [0.4, 0.5) is 16.2 Å². The highest BCUT2D eigenvalue weighted by Gasteiger charge is 2.52. The van der Waals surface area contributed by atoms with Gasteiger partial charge < -0.3 is 15.1 Å². The summed E-state index contributed by atoms with van der Waals surface area (Å²) in [6.07, 6.45) is 1.66. The van der Waals surface area contributed by atoms with E-state index in [2.05, 4.69) is 10.2 Å². The Labute approximate surface area is 196 Å². The SMILES string of the molecule is O=C(CN1C(=O)NC2(CCc3ccccc3C2)C1=O)N1CCN(c2ccc([N+](=O)[O-])cc2)CC1. The smallest absolute Gasteiger partial charge is 0.325 e.